The van der Waals surface area contributed by atoms with Gasteiger partial charge in [-0.1, -0.05) is 26.0 Å². The van der Waals surface area contributed by atoms with Crippen molar-refractivity contribution in [2.24, 2.45) is 0 Å². The lowest BCUT2D eigenvalue weighted by molar-refractivity contribution is 0.0585. The highest BCUT2D eigenvalue weighted by Crippen LogP contribution is 2.29. The summed E-state index contributed by atoms with van der Waals surface area (Å²) < 4.78 is 25.0. The third-order valence-corrected chi connectivity index (χ3v) is 3.51. The second kappa shape index (κ2) is 6.86. The highest BCUT2D eigenvalue weighted by Gasteiger charge is 2.25. The number of furan rings is 1. The smallest absolute Gasteiger partial charge is 0.169 e. The van der Waals surface area contributed by atoms with Crippen LogP contribution in [0.3, 0.4) is 0 Å². The van der Waals surface area contributed by atoms with Crippen LogP contribution in [-0.2, 0) is 4.74 Å². The van der Waals surface area contributed by atoms with Gasteiger partial charge in [0.2, 0.25) is 0 Å². The molecule has 0 amide bonds. The van der Waals surface area contributed by atoms with Crippen molar-refractivity contribution in [1.82, 2.24) is 5.32 Å². The van der Waals surface area contributed by atoms with Gasteiger partial charge in [-0.2, -0.15) is 0 Å². The van der Waals surface area contributed by atoms with Gasteiger partial charge in [0.15, 0.2) is 11.4 Å². The number of methoxy groups -OCH3 is 1. The number of fused-ring (bicyclic) bond motifs is 1. The van der Waals surface area contributed by atoms with Crippen LogP contribution in [0.4, 0.5) is 4.39 Å². The number of para-hydroxylation sites is 1. The third-order valence-electron chi connectivity index (χ3n) is 3.51. The third kappa shape index (κ3) is 3.02. The molecule has 1 N–H and O–H groups in total. The van der Waals surface area contributed by atoms with Gasteiger partial charge in [0, 0.05) is 12.5 Å². The van der Waals surface area contributed by atoms with Gasteiger partial charge in [-0.3, -0.25) is 0 Å². The largest absolute Gasteiger partial charge is 0.456 e. The fourth-order valence-electron chi connectivity index (χ4n) is 2.45. The molecule has 1 aromatic heterocycles. The van der Waals surface area contributed by atoms with Crippen molar-refractivity contribution in [3.8, 4) is 0 Å². The van der Waals surface area contributed by atoms with E-state index in [1.165, 1.54) is 6.07 Å². The number of rotatable bonds is 7. The van der Waals surface area contributed by atoms with Crippen LogP contribution in [0.15, 0.2) is 28.7 Å². The maximum absolute atomic E-state index is 13.7. The lowest BCUT2D eigenvalue weighted by atomic mass is 10.1. The second-order valence-corrected chi connectivity index (χ2v) is 4.92. The first-order valence-corrected chi connectivity index (χ1v) is 7.15. The van der Waals surface area contributed by atoms with Gasteiger partial charge in [-0.05, 0) is 31.5 Å². The Labute approximate surface area is 119 Å². The zero-order valence-corrected chi connectivity index (χ0v) is 12.3. The first-order chi connectivity index (χ1) is 9.71. The van der Waals surface area contributed by atoms with E-state index in [-0.39, 0.29) is 18.0 Å². The molecule has 1 aromatic carbocycles. The molecular formula is C16H22FNO2. The van der Waals surface area contributed by atoms with Crippen molar-refractivity contribution in [2.45, 2.75) is 38.8 Å². The predicted molar refractivity (Wildman–Crippen MR) is 78.3 cm³/mol. The van der Waals surface area contributed by atoms with Crippen LogP contribution in [0.25, 0.3) is 11.0 Å². The molecule has 2 aromatic rings. The van der Waals surface area contributed by atoms with Crippen LogP contribution in [0.5, 0.6) is 0 Å². The number of hydrogen-bond acceptors (Lipinski definition) is 3. The van der Waals surface area contributed by atoms with Crippen molar-refractivity contribution in [3.63, 3.8) is 0 Å². The summed E-state index contributed by atoms with van der Waals surface area (Å²) in [4.78, 5) is 0. The Hall–Kier alpha value is -1.39. The highest BCUT2D eigenvalue weighted by atomic mass is 19.1. The van der Waals surface area contributed by atoms with E-state index in [2.05, 4.69) is 19.2 Å². The van der Waals surface area contributed by atoms with Gasteiger partial charge < -0.3 is 14.5 Å². The zero-order valence-electron chi connectivity index (χ0n) is 12.3. The Morgan fingerprint density at radius 1 is 1.35 bits per heavy atom. The van der Waals surface area contributed by atoms with Crippen molar-refractivity contribution < 1.29 is 13.5 Å². The molecule has 1 heterocycles. The van der Waals surface area contributed by atoms with E-state index >= 15 is 0 Å². The molecule has 0 aliphatic carbocycles. The van der Waals surface area contributed by atoms with Gasteiger partial charge >= 0.3 is 0 Å². The molecule has 0 saturated heterocycles. The molecule has 4 heteroatoms. The summed E-state index contributed by atoms with van der Waals surface area (Å²) in [6.45, 7) is 5.04. The molecule has 0 saturated carbocycles. The van der Waals surface area contributed by atoms with Crippen LogP contribution >= 0.6 is 0 Å². The topological polar surface area (TPSA) is 34.4 Å². The van der Waals surface area contributed by atoms with E-state index in [0.29, 0.717) is 5.58 Å². The minimum Gasteiger partial charge on any atom is -0.456 e. The summed E-state index contributed by atoms with van der Waals surface area (Å²) in [6.07, 6.45) is 1.88. The molecule has 0 fully saturated rings. The van der Waals surface area contributed by atoms with E-state index < -0.39 is 0 Å². The molecule has 0 bridgehead atoms. The van der Waals surface area contributed by atoms with Crippen molar-refractivity contribution >= 4 is 11.0 Å². The van der Waals surface area contributed by atoms with E-state index in [9.17, 15) is 4.39 Å². The molecule has 0 spiro atoms. The maximum atomic E-state index is 13.7. The van der Waals surface area contributed by atoms with Gasteiger partial charge in [-0.15, -0.1) is 0 Å². The first kappa shape index (κ1) is 15.0. The molecule has 0 aliphatic rings. The molecule has 2 unspecified atom stereocenters. The lowest BCUT2D eigenvalue weighted by Gasteiger charge is -2.24. The summed E-state index contributed by atoms with van der Waals surface area (Å²) in [5.74, 6) is 0.403. The fourth-order valence-corrected chi connectivity index (χ4v) is 2.45. The number of ether oxygens (including phenoxy) is 1. The van der Waals surface area contributed by atoms with Crippen LogP contribution in [-0.4, -0.2) is 19.8 Å². The van der Waals surface area contributed by atoms with E-state index in [4.69, 9.17) is 9.15 Å². The summed E-state index contributed by atoms with van der Waals surface area (Å²) in [5, 5.41) is 4.21. The van der Waals surface area contributed by atoms with Crippen LogP contribution in [0.2, 0.25) is 0 Å². The second-order valence-electron chi connectivity index (χ2n) is 4.92. The minimum atomic E-state index is -0.326. The Kier molecular flexibility index (Phi) is 5.15. The van der Waals surface area contributed by atoms with Crippen molar-refractivity contribution in [2.75, 3.05) is 13.7 Å². The Balaban J connectivity index is 2.36. The molecule has 20 heavy (non-hydrogen) atoms. The molecule has 2 rings (SSSR count). The maximum Gasteiger partial charge on any atom is 0.169 e. The normalized spacial score (nSPS) is 14.6. The summed E-state index contributed by atoms with van der Waals surface area (Å²) in [6, 6.07) is 6.80. The Morgan fingerprint density at radius 2 is 2.15 bits per heavy atom. The molecule has 110 valence electrons. The average Bonchev–Trinajstić information content (AvgIpc) is 2.88. The summed E-state index contributed by atoms with van der Waals surface area (Å²) in [5.41, 5.74) is 0.316. The minimum absolute atomic E-state index is 0.00479. The van der Waals surface area contributed by atoms with Gasteiger partial charge in [0.05, 0.1) is 12.1 Å². The highest BCUT2D eigenvalue weighted by molar-refractivity contribution is 5.78. The quantitative estimate of drug-likeness (QED) is 0.830. The number of nitrogens with one attached hydrogen (secondary N) is 1. The first-order valence-electron chi connectivity index (χ1n) is 7.15. The van der Waals surface area contributed by atoms with Crippen molar-refractivity contribution in [3.05, 3.63) is 35.8 Å². The monoisotopic (exact) mass is 279 g/mol. The summed E-state index contributed by atoms with van der Waals surface area (Å²) >= 11 is 0. The standard InChI is InChI=1S/C16H22FNO2/c1-4-9-18-15(13(5-2)19-3)14-10-11-7-6-8-12(17)16(11)20-14/h6-8,10,13,15,18H,4-5,9H2,1-3H3. The zero-order chi connectivity index (χ0) is 14.5. The Bertz CT molecular complexity index is 548. The van der Waals surface area contributed by atoms with E-state index in [1.807, 2.05) is 12.1 Å². The van der Waals surface area contributed by atoms with Gasteiger partial charge in [-0.25, -0.2) is 4.39 Å². The molecule has 2 atom stereocenters. The van der Waals surface area contributed by atoms with Crippen LogP contribution < -0.4 is 5.32 Å². The summed E-state index contributed by atoms with van der Waals surface area (Å²) in [7, 11) is 1.69. The lowest BCUT2D eigenvalue weighted by Crippen LogP contribution is -2.33. The van der Waals surface area contributed by atoms with Crippen LogP contribution in [0, 0.1) is 5.82 Å². The Morgan fingerprint density at radius 3 is 2.75 bits per heavy atom. The number of halogens is 1. The van der Waals surface area contributed by atoms with E-state index in [0.717, 1.165) is 30.5 Å². The van der Waals surface area contributed by atoms with Gasteiger partial charge in [0.25, 0.3) is 0 Å². The molecule has 3 nitrogen and oxygen atoms in total. The van der Waals surface area contributed by atoms with Gasteiger partial charge in [0.1, 0.15) is 5.76 Å². The number of hydrogen-bond donors (Lipinski definition) is 1. The van der Waals surface area contributed by atoms with Crippen molar-refractivity contribution in [1.29, 1.82) is 0 Å². The average molecular weight is 279 g/mol. The SMILES string of the molecule is CCCNC(c1cc2cccc(F)c2o1)C(CC)OC. The number of benzene rings is 1. The van der Waals surface area contributed by atoms with Crippen LogP contribution in [0.1, 0.15) is 38.5 Å². The molecular weight excluding hydrogens is 257 g/mol. The molecule has 0 aliphatic heterocycles. The molecule has 0 radical (unpaired) electrons. The van der Waals surface area contributed by atoms with E-state index in [1.54, 1.807) is 13.2 Å². The predicted octanol–water partition coefficient (Wildman–Crippen LogP) is 4.04. The fraction of sp³-hybridized carbons (Fsp3) is 0.500.